The first-order valence-electron chi connectivity index (χ1n) is 9.68. The molecule has 3 aromatic carbocycles. The van der Waals surface area contributed by atoms with Gasteiger partial charge in [0.2, 0.25) is 5.91 Å². The van der Waals surface area contributed by atoms with Gasteiger partial charge in [0.1, 0.15) is 5.82 Å². The van der Waals surface area contributed by atoms with Crippen LogP contribution in [-0.4, -0.2) is 21.5 Å². The van der Waals surface area contributed by atoms with Gasteiger partial charge in [-0.1, -0.05) is 60.7 Å². The van der Waals surface area contributed by atoms with Crippen LogP contribution in [0.2, 0.25) is 0 Å². The normalized spacial score (nSPS) is 12.1. The van der Waals surface area contributed by atoms with Gasteiger partial charge in [-0.25, -0.2) is 4.98 Å². The van der Waals surface area contributed by atoms with E-state index in [9.17, 15) is 4.79 Å². The predicted molar refractivity (Wildman–Crippen MR) is 116 cm³/mol. The summed E-state index contributed by atoms with van der Waals surface area (Å²) < 4.78 is 1.87. The van der Waals surface area contributed by atoms with Gasteiger partial charge in [0.05, 0.1) is 6.04 Å². The van der Waals surface area contributed by atoms with E-state index in [4.69, 9.17) is 5.73 Å². The summed E-state index contributed by atoms with van der Waals surface area (Å²) in [4.78, 5) is 16.5. The van der Waals surface area contributed by atoms with E-state index >= 15 is 0 Å². The Morgan fingerprint density at radius 3 is 2.48 bits per heavy atom. The van der Waals surface area contributed by atoms with E-state index in [0.717, 1.165) is 17.0 Å². The van der Waals surface area contributed by atoms with Crippen LogP contribution in [-0.2, 0) is 24.8 Å². The molecular formula is C24H24N4O. The molecule has 0 saturated carbocycles. The van der Waals surface area contributed by atoms with Crippen molar-refractivity contribution >= 4 is 16.7 Å². The Kier molecular flexibility index (Phi) is 5.40. The van der Waals surface area contributed by atoms with Crippen LogP contribution in [0.5, 0.6) is 0 Å². The number of carbonyl (C=O) groups is 1. The summed E-state index contributed by atoms with van der Waals surface area (Å²) in [7, 11) is 1.89. The third kappa shape index (κ3) is 4.36. The molecule has 1 heterocycles. The topological polar surface area (TPSA) is 72.9 Å². The quantitative estimate of drug-likeness (QED) is 0.535. The minimum absolute atomic E-state index is 0.174. The van der Waals surface area contributed by atoms with Gasteiger partial charge in [-0.05, 0) is 33.5 Å². The summed E-state index contributed by atoms with van der Waals surface area (Å²) in [6.45, 7) is 0.450. The Bertz CT molecular complexity index is 1130. The monoisotopic (exact) mass is 384 g/mol. The van der Waals surface area contributed by atoms with Gasteiger partial charge in [0.15, 0.2) is 0 Å². The van der Waals surface area contributed by atoms with Gasteiger partial charge < -0.3 is 15.6 Å². The Hall–Kier alpha value is -3.44. The molecule has 0 radical (unpaired) electrons. The number of nitrogens with zero attached hydrogens (tertiary/aromatic N) is 2. The third-order valence-corrected chi connectivity index (χ3v) is 5.16. The standard InChI is InChI=1S/C24H24N4O/c1-28-13-12-26-23(28)15-22(25)24(29)27-16-17-6-8-19(9-7-17)21-11-10-18-4-2-3-5-20(18)14-21/h2-14,22H,15-16,25H2,1H3,(H,27,29). The van der Waals surface area contributed by atoms with Crippen molar-refractivity contribution in [1.29, 1.82) is 0 Å². The Morgan fingerprint density at radius 1 is 1.03 bits per heavy atom. The lowest BCUT2D eigenvalue weighted by Gasteiger charge is -2.12. The van der Waals surface area contributed by atoms with Crippen molar-refractivity contribution in [2.24, 2.45) is 12.8 Å². The lowest BCUT2D eigenvalue weighted by atomic mass is 10.0. The van der Waals surface area contributed by atoms with E-state index in [1.54, 1.807) is 6.20 Å². The first kappa shape index (κ1) is 18.9. The molecule has 0 aliphatic carbocycles. The first-order chi connectivity index (χ1) is 14.1. The van der Waals surface area contributed by atoms with Crippen molar-refractivity contribution in [3.05, 3.63) is 90.5 Å². The average Bonchev–Trinajstić information content (AvgIpc) is 3.16. The van der Waals surface area contributed by atoms with Crippen LogP contribution in [0.25, 0.3) is 21.9 Å². The number of hydrogen-bond donors (Lipinski definition) is 2. The van der Waals surface area contributed by atoms with Crippen molar-refractivity contribution in [2.75, 3.05) is 0 Å². The van der Waals surface area contributed by atoms with E-state index < -0.39 is 6.04 Å². The molecule has 0 saturated heterocycles. The molecule has 0 aliphatic heterocycles. The number of aryl methyl sites for hydroxylation is 1. The molecule has 4 aromatic rings. The van der Waals surface area contributed by atoms with Gasteiger partial charge in [-0.2, -0.15) is 0 Å². The van der Waals surface area contributed by atoms with Crippen LogP contribution in [0.15, 0.2) is 79.1 Å². The number of benzene rings is 3. The molecule has 1 aromatic heterocycles. The predicted octanol–water partition coefficient (Wildman–Crippen LogP) is 3.43. The van der Waals surface area contributed by atoms with Crippen LogP contribution in [0, 0.1) is 0 Å². The van der Waals surface area contributed by atoms with Gasteiger partial charge in [0.25, 0.3) is 0 Å². The molecule has 3 N–H and O–H groups in total. The number of nitrogens with one attached hydrogen (secondary N) is 1. The summed E-state index contributed by atoms with van der Waals surface area (Å²) in [6.07, 6.45) is 3.96. The highest BCUT2D eigenvalue weighted by molar-refractivity contribution is 5.87. The van der Waals surface area contributed by atoms with Crippen LogP contribution < -0.4 is 11.1 Å². The highest BCUT2D eigenvalue weighted by Gasteiger charge is 2.16. The largest absolute Gasteiger partial charge is 0.351 e. The molecule has 1 unspecified atom stereocenters. The number of carbonyl (C=O) groups excluding carboxylic acids is 1. The second kappa shape index (κ2) is 8.29. The average molecular weight is 384 g/mol. The molecule has 0 aliphatic rings. The van der Waals surface area contributed by atoms with E-state index in [1.807, 2.05) is 36.0 Å². The maximum atomic E-state index is 12.3. The lowest BCUT2D eigenvalue weighted by Crippen LogP contribution is -2.42. The first-order valence-corrected chi connectivity index (χ1v) is 9.68. The van der Waals surface area contributed by atoms with Crippen LogP contribution in [0.1, 0.15) is 11.4 Å². The molecule has 5 heteroatoms. The van der Waals surface area contributed by atoms with Gasteiger partial charge in [0, 0.05) is 32.4 Å². The van der Waals surface area contributed by atoms with E-state index in [1.165, 1.54) is 16.3 Å². The summed E-state index contributed by atoms with van der Waals surface area (Å²) in [5.74, 6) is 0.624. The van der Waals surface area contributed by atoms with Crippen molar-refractivity contribution in [3.8, 4) is 11.1 Å². The number of amides is 1. The third-order valence-electron chi connectivity index (χ3n) is 5.16. The SMILES string of the molecule is Cn1ccnc1CC(N)C(=O)NCc1ccc(-c2ccc3ccccc3c2)cc1. The summed E-state index contributed by atoms with van der Waals surface area (Å²) in [6, 6.07) is 22.4. The number of imidazole rings is 1. The molecule has 29 heavy (non-hydrogen) atoms. The van der Waals surface area contributed by atoms with Crippen molar-refractivity contribution in [2.45, 2.75) is 19.0 Å². The van der Waals surface area contributed by atoms with Crippen molar-refractivity contribution in [3.63, 3.8) is 0 Å². The fourth-order valence-electron chi connectivity index (χ4n) is 3.39. The molecule has 4 rings (SSSR count). The van der Waals surface area contributed by atoms with E-state index in [2.05, 4.69) is 58.8 Å². The summed E-state index contributed by atoms with van der Waals surface area (Å²) in [5, 5.41) is 5.37. The number of fused-ring (bicyclic) bond motifs is 1. The molecule has 0 spiro atoms. The zero-order chi connectivity index (χ0) is 20.2. The second-order valence-corrected chi connectivity index (χ2v) is 7.24. The number of rotatable bonds is 6. The minimum atomic E-state index is -0.618. The minimum Gasteiger partial charge on any atom is -0.351 e. The second-order valence-electron chi connectivity index (χ2n) is 7.24. The Labute approximate surface area is 170 Å². The van der Waals surface area contributed by atoms with Gasteiger partial charge in [-0.3, -0.25) is 4.79 Å². The number of hydrogen-bond acceptors (Lipinski definition) is 3. The highest BCUT2D eigenvalue weighted by Crippen LogP contribution is 2.24. The molecule has 5 nitrogen and oxygen atoms in total. The van der Waals surface area contributed by atoms with Crippen molar-refractivity contribution in [1.82, 2.24) is 14.9 Å². The van der Waals surface area contributed by atoms with E-state index in [-0.39, 0.29) is 5.91 Å². The lowest BCUT2D eigenvalue weighted by molar-refractivity contribution is -0.122. The van der Waals surface area contributed by atoms with Gasteiger partial charge >= 0.3 is 0 Å². The maximum Gasteiger partial charge on any atom is 0.237 e. The van der Waals surface area contributed by atoms with Crippen molar-refractivity contribution < 1.29 is 4.79 Å². The van der Waals surface area contributed by atoms with Crippen LogP contribution >= 0.6 is 0 Å². The van der Waals surface area contributed by atoms with E-state index in [0.29, 0.717) is 13.0 Å². The Morgan fingerprint density at radius 2 is 1.76 bits per heavy atom. The summed E-state index contributed by atoms with van der Waals surface area (Å²) >= 11 is 0. The fraction of sp³-hybridized carbons (Fsp3) is 0.167. The molecule has 0 fully saturated rings. The van der Waals surface area contributed by atoms with Crippen LogP contribution in [0.4, 0.5) is 0 Å². The van der Waals surface area contributed by atoms with Crippen LogP contribution in [0.3, 0.4) is 0 Å². The molecule has 146 valence electrons. The highest BCUT2D eigenvalue weighted by atomic mass is 16.2. The zero-order valence-electron chi connectivity index (χ0n) is 16.4. The number of aromatic nitrogens is 2. The molecular weight excluding hydrogens is 360 g/mol. The van der Waals surface area contributed by atoms with Gasteiger partial charge in [-0.15, -0.1) is 0 Å². The smallest absolute Gasteiger partial charge is 0.237 e. The maximum absolute atomic E-state index is 12.3. The fourth-order valence-corrected chi connectivity index (χ4v) is 3.39. The molecule has 1 amide bonds. The number of nitrogens with two attached hydrogens (primary N) is 1. The summed E-state index contributed by atoms with van der Waals surface area (Å²) in [5.41, 5.74) is 9.38. The molecule has 1 atom stereocenters. The Balaban J connectivity index is 1.37. The zero-order valence-corrected chi connectivity index (χ0v) is 16.4. The molecule has 0 bridgehead atoms.